The van der Waals surface area contributed by atoms with Gasteiger partial charge in [-0.15, -0.1) is 0 Å². The van der Waals surface area contributed by atoms with Crippen LogP contribution in [0.1, 0.15) is 10.4 Å². The van der Waals surface area contributed by atoms with Gasteiger partial charge in [0.1, 0.15) is 5.75 Å². The van der Waals surface area contributed by atoms with Gasteiger partial charge in [-0.2, -0.15) is 0 Å². The summed E-state index contributed by atoms with van der Waals surface area (Å²) in [5.41, 5.74) is 0.0521. The lowest BCUT2D eigenvalue weighted by molar-refractivity contribution is -0.384. The summed E-state index contributed by atoms with van der Waals surface area (Å²) in [6.45, 7) is -0.572. The van der Waals surface area contributed by atoms with E-state index in [1.54, 1.807) is 12.1 Å². The quantitative estimate of drug-likeness (QED) is 0.479. The normalized spacial score (nSPS) is 10.0. The van der Waals surface area contributed by atoms with Gasteiger partial charge in [0, 0.05) is 17.2 Å². The van der Waals surface area contributed by atoms with E-state index in [0.29, 0.717) is 16.5 Å². The van der Waals surface area contributed by atoms with E-state index in [2.05, 4.69) is 5.32 Å². The number of nitro groups is 1. The van der Waals surface area contributed by atoms with Crippen molar-refractivity contribution in [1.82, 2.24) is 0 Å². The number of benzene rings is 2. The smallest absolute Gasteiger partial charge is 0.338 e. The standard InChI is InChI=1S/C16H13ClN2O6/c1-24-14-6-5-11(17)8-13(14)18-15(20)9-25-16(21)10-3-2-4-12(7-10)19(22)23/h2-8H,9H2,1H3,(H,18,20). The number of methoxy groups -OCH3 is 1. The van der Waals surface area contributed by atoms with E-state index in [9.17, 15) is 19.7 Å². The second-order valence-electron chi connectivity index (χ2n) is 4.78. The Morgan fingerprint density at radius 1 is 1.24 bits per heavy atom. The maximum Gasteiger partial charge on any atom is 0.338 e. The van der Waals surface area contributed by atoms with Crippen LogP contribution in [0.3, 0.4) is 0 Å². The van der Waals surface area contributed by atoms with E-state index in [1.807, 2.05) is 0 Å². The first-order valence-corrected chi connectivity index (χ1v) is 7.33. The number of hydrogen-bond acceptors (Lipinski definition) is 6. The Balaban J connectivity index is 1.98. The topological polar surface area (TPSA) is 108 Å². The summed E-state index contributed by atoms with van der Waals surface area (Å²) >= 11 is 5.86. The molecule has 0 aliphatic rings. The fourth-order valence-electron chi connectivity index (χ4n) is 1.93. The van der Waals surface area contributed by atoms with Crippen LogP contribution in [-0.4, -0.2) is 30.5 Å². The van der Waals surface area contributed by atoms with Crippen molar-refractivity contribution >= 4 is 34.9 Å². The van der Waals surface area contributed by atoms with E-state index < -0.39 is 23.4 Å². The molecule has 0 aliphatic heterocycles. The second kappa shape index (κ2) is 8.11. The summed E-state index contributed by atoms with van der Waals surface area (Å²) in [5.74, 6) is -1.07. The van der Waals surface area contributed by atoms with Gasteiger partial charge in [0.2, 0.25) is 0 Å². The first kappa shape index (κ1) is 18.2. The minimum Gasteiger partial charge on any atom is -0.495 e. The molecule has 0 saturated carbocycles. The van der Waals surface area contributed by atoms with E-state index in [0.717, 1.165) is 6.07 Å². The van der Waals surface area contributed by atoms with Crippen LogP contribution < -0.4 is 10.1 Å². The van der Waals surface area contributed by atoms with E-state index in [-0.39, 0.29) is 11.3 Å². The van der Waals surface area contributed by atoms with Crippen LogP contribution in [0.15, 0.2) is 42.5 Å². The van der Waals surface area contributed by atoms with Crippen LogP contribution in [0.5, 0.6) is 5.75 Å². The van der Waals surface area contributed by atoms with Gasteiger partial charge in [0.15, 0.2) is 6.61 Å². The predicted octanol–water partition coefficient (Wildman–Crippen LogP) is 3.05. The van der Waals surface area contributed by atoms with Crippen LogP contribution in [-0.2, 0) is 9.53 Å². The highest BCUT2D eigenvalue weighted by molar-refractivity contribution is 6.31. The maximum atomic E-state index is 11.9. The zero-order valence-corrected chi connectivity index (χ0v) is 13.8. The summed E-state index contributed by atoms with van der Waals surface area (Å²) in [6.07, 6.45) is 0. The van der Waals surface area contributed by atoms with Crippen molar-refractivity contribution in [2.75, 3.05) is 19.0 Å². The molecular formula is C16H13ClN2O6. The molecule has 0 spiro atoms. The lowest BCUT2D eigenvalue weighted by Gasteiger charge is -2.10. The Kier molecular flexibility index (Phi) is 5.91. The summed E-state index contributed by atoms with van der Waals surface area (Å²) in [4.78, 5) is 33.9. The molecule has 0 saturated heterocycles. The molecule has 1 N–H and O–H groups in total. The first-order valence-electron chi connectivity index (χ1n) is 6.95. The molecular weight excluding hydrogens is 352 g/mol. The minimum absolute atomic E-state index is 0.0256. The summed E-state index contributed by atoms with van der Waals surface area (Å²) in [6, 6.07) is 9.68. The summed E-state index contributed by atoms with van der Waals surface area (Å²) in [5, 5.41) is 13.6. The number of nitrogens with one attached hydrogen (secondary N) is 1. The highest BCUT2D eigenvalue weighted by Gasteiger charge is 2.15. The van der Waals surface area contributed by atoms with Crippen molar-refractivity contribution in [2.45, 2.75) is 0 Å². The zero-order valence-electron chi connectivity index (χ0n) is 13.0. The predicted molar refractivity (Wildman–Crippen MR) is 90.0 cm³/mol. The summed E-state index contributed by atoms with van der Waals surface area (Å²) < 4.78 is 9.94. The Hall–Kier alpha value is -3.13. The molecule has 0 aliphatic carbocycles. The zero-order chi connectivity index (χ0) is 18.4. The number of carbonyl (C=O) groups excluding carboxylic acids is 2. The first-order chi connectivity index (χ1) is 11.9. The van der Waals surface area contributed by atoms with Gasteiger partial charge in [0.25, 0.3) is 11.6 Å². The minimum atomic E-state index is -0.850. The molecule has 0 bridgehead atoms. The van der Waals surface area contributed by atoms with Gasteiger partial charge >= 0.3 is 5.97 Å². The van der Waals surface area contributed by atoms with Gasteiger partial charge in [-0.1, -0.05) is 17.7 Å². The highest BCUT2D eigenvalue weighted by Crippen LogP contribution is 2.27. The van der Waals surface area contributed by atoms with Crippen LogP contribution in [0, 0.1) is 10.1 Å². The van der Waals surface area contributed by atoms with Gasteiger partial charge in [-0.3, -0.25) is 14.9 Å². The highest BCUT2D eigenvalue weighted by atomic mass is 35.5. The van der Waals surface area contributed by atoms with Crippen molar-refractivity contribution in [3.8, 4) is 5.75 Å². The number of ether oxygens (including phenoxy) is 2. The number of anilines is 1. The number of carbonyl (C=O) groups is 2. The van der Waals surface area contributed by atoms with E-state index in [4.69, 9.17) is 21.1 Å². The number of nitrogens with zero attached hydrogens (tertiary/aromatic N) is 1. The molecule has 0 heterocycles. The van der Waals surface area contributed by atoms with Crippen LogP contribution >= 0.6 is 11.6 Å². The molecule has 1 amide bonds. The lowest BCUT2D eigenvalue weighted by atomic mass is 10.2. The molecule has 2 rings (SSSR count). The monoisotopic (exact) mass is 364 g/mol. The fraction of sp³-hybridized carbons (Fsp3) is 0.125. The number of halogens is 1. The molecule has 8 nitrogen and oxygen atoms in total. The number of nitro benzene ring substituents is 1. The van der Waals surface area contributed by atoms with E-state index in [1.165, 1.54) is 31.4 Å². The van der Waals surface area contributed by atoms with Crippen LogP contribution in [0.2, 0.25) is 5.02 Å². The molecule has 9 heteroatoms. The van der Waals surface area contributed by atoms with Crippen molar-refractivity contribution in [2.24, 2.45) is 0 Å². The maximum absolute atomic E-state index is 11.9. The average molecular weight is 365 g/mol. The van der Waals surface area contributed by atoms with Gasteiger partial charge in [0.05, 0.1) is 23.3 Å². The molecule has 130 valence electrons. The fourth-order valence-corrected chi connectivity index (χ4v) is 2.10. The van der Waals surface area contributed by atoms with Gasteiger partial charge in [-0.25, -0.2) is 4.79 Å². The SMILES string of the molecule is COc1ccc(Cl)cc1NC(=O)COC(=O)c1cccc([N+](=O)[O-])c1. The third kappa shape index (κ3) is 4.92. The average Bonchev–Trinajstić information content (AvgIpc) is 2.60. The Bertz CT molecular complexity index is 824. The molecule has 0 unspecified atom stereocenters. The number of amides is 1. The molecule has 0 fully saturated rings. The molecule has 25 heavy (non-hydrogen) atoms. The van der Waals surface area contributed by atoms with Gasteiger partial charge in [-0.05, 0) is 24.3 Å². The number of rotatable bonds is 6. The van der Waals surface area contributed by atoms with Crippen LogP contribution in [0.4, 0.5) is 11.4 Å². The second-order valence-corrected chi connectivity index (χ2v) is 5.21. The lowest BCUT2D eigenvalue weighted by Crippen LogP contribution is -2.21. The number of hydrogen-bond donors (Lipinski definition) is 1. The largest absolute Gasteiger partial charge is 0.495 e. The molecule has 2 aromatic carbocycles. The van der Waals surface area contributed by atoms with Crippen LogP contribution in [0.25, 0.3) is 0 Å². The Labute approximate surface area is 147 Å². The van der Waals surface area contributed by atoms with Crippen molar-refractivity contribution < 1.29 is 24.0 Å². The van der Waals surface area contributed by atoms with Gasteiger partial charge < -0.3 is 14.8 Å². The Morgan fingerprint density at radius 3 is 2.68 bits per heavy atom. The third-order valence-electron chi connectivity index (χ3n) is 3.06. The molecule has 0 radical (unpaired) electrons. The molecule has 0 atom stereocenters. The summed E-state index contributed by atoms with van der Waals surface area (Å²) in [7, 11) is 1.43. The molecule has 0 aromatic heterocycles. The third-order valence-corrected chi connectivity index (χ3v) is 3.30. The van der Waals surface area contributed by atoms with Crippen molar-refractivity contribution in [3.05, 3.63) is 63.2 Å². The Morgan fingerprint density at radius 2 is 2.00 bits per heavy atom. The van der Waals surface area contributed by atoms with Crippen molar-refractivity contribution in [3.63, 3.8) is 0 Å². The van der Waals surface area contributed by atoms with Crippen molar-refractivity contribution in [1.29, 1.82) is 0 Å². The number of non-ortho nitro benzene ring substituents is 1. The van der Waals surface area contributed by atoms with E-state index >= 15 is 0 Å². The molecule has 2 aromatic rings. The number of esters is 1.